The van der Waals surface area contributed by atoms with Gasteiger partial charge in [-0.15, -0.1) is 11.3 Å². The normalized spacial score (nSPS) is 15.0. The molecule has 0 aliphatic carbocycles. The van der Waals surface area contributed by atoms with E-state index in [-0.39, 0.29) is 18.6 Å². The van der Waals surface area contributed by atoms with Gasteiger partial charge in [0.1, 0.15) is 5.01 Å². The Kier molecular flexibility index (Phi) is 4.89. The van der Waals surface area contributed by atoms with Gasteiger partial charge >= 0.3 is 5.97 Å². The highest BCUT2D eigenvalue weighted by Crippen LogP contribution is 2.24. The summed E-state index contributed by atoms with van der Waals surface area (Å²) in [5.74, 6) is -0.788. The Labute approximate surface area is 99.9 Å². The number of carbonyl (C=O) groups is 1. The second-order valence-corrected chi connectivity index (χ2v) is 4.80. The zero-order valence-electron chi connectivity index (χ0n) is 9.88. The van der Waals surface area contributed by atoms with Gasteiger partial charge in [0.2, 0.25) is 0 Å². The Hall–Kier alpha value is -0.940. The number of aromatic nitrogens is 1. The number of carboxylic acids is 1. The van der Waals surface area contributed by atoms with E-state index in [2.05, 4.69) is 11.9 Å². The zero-order valence-corrected chi connectivity index (χ0v) is 10.7. The molecule has 0 saturated heterocycles. The van der Waals surface area contributed by atoms with Crippen molar-refractivity contribution in [2.24, 2.45) is 0 Å². The Bertz CT molecular complexity index is 327. The standard InChI is InChI=1S/C11H18N2O2S/c1-4-8(2)13(7-10(14)15)9(3)11-12-5-6-16-11/h5-6,8-9H,4,7H2,1-3H3,(H,14,15). The smallest absolute Gasteiger partial charge is 0.317 e. The lowest BCUT2D eigenvalue weighted by Gasteiger charge is -2.31. The molecule has 0 aliphatic rings. The van der Waals surface area contributed by atoms with Crippen molar-refractivity contribution in [3.05, 3.63) is 16.6 Å². The number of aliphatic carboxylic acids is 1. The lowest BCUT2D eigenvalue weighted by atomic mass is 10.1. The van der Waals surface area contributed by atoms with E-state index in [9.17, 15) is 4.79 Å². The van der Waals surface area contributed by atoms with Crippen molar-refractivity contribution in [2.45, 2.75) is 39.3 Å². The third kappa shape index (κ3) is 3.28. The summed E-state index contributed by atoms with van der Waals surface area (Å²) in [6.45, 7) is 6.19. The molecule has 0 aliphatic heterocycles. The van der Waals surface area contributed by atoms with Crippen LogP contribution in [0.4, 0.5) is 0 Å². The van der Waals surface area contributed by atoms with Crippen molar-refractivity contribution in [3.8, 4) is 0 Å². The van der Waals surface area contributed by atoms with Crippen molar-refractivity contribution in [1.29, 1.82) is 0 Å². The minimum absolute atomic E-state index is 0.0612. The fraction of sp³-hybridized carbons (Fsp3) is 0.636. The summed E-state index contributed by atoms with van der Waals surface area (Å²) in [6.07, 6.45) is 2.69. The lowest BCUT2D eigenvalue weighted by Crippen LogP contribution is -2.38. The summed E-state index contributed by atoms with van der Waals surface area (Å²) in [7, 11) is 0. The van der Waals surface area contributed by atoms with Crippen molar-refractivity contribution >= 4 is 17.3 Å². The van der Waals surface area contributed by atoms with Crippen LogP contribution >= 0.6 is 11.3 Å². The van der Waals surface area contributed by atoms with Gasteiger partial charge < -0.3 is 5.11 Å². The molecule has 0 radical (unpaired) electrons. The number of hydrogen-bond acceptors (Lipinski definition) is 4. The molecule has 0 aromatic carbocycles. The lowest BCUT2D eigenvalue weighted by molar-refractivity contribution is -0.139. The van der Waals surface area contributed by atoms with Crippen LogP contribution in [0.3, 0.4) is 0 Å². The van der Waals surface area contributed by atoms with Gasteiger partial charge in [-0.1, -0.05) is 6.92 Å². The third-order valence-corrected chi connectivity index (χ3v) is 3.73. The summed E-state index contributed by atoms with van der Waals surface area (Å²) in [5, 5.41) is 11.8. The van der Waals surface area contributed by atoms with Gasteiger partial charge in [0.25, 0.3) is 0 Å². The fourth-order valence-corrected chi connectivity index (χ4v) is 2.36. The molecular formula is C11H18N2O2S. The molecule has 90 valence electrons. The fourth-order valence-electron chi connectivity index (χ4n) is 1.65. The van der Waals surface area contributed by atoms with Gasteiger partial charge in [0.15, 0.2) is 0 Å². The van der Waals surface area contributed by atoms with E-state index in [0.717, 1.165) is 11.4 Å². The molecule has 1 aromatic rings. The first kappa shape index (κ1) is 13.1. The number of thiazole rings is 1. The van der Waals surface area contributed by atoms with Crippen LogP contribution in [0.1, 0.15) is 38.2 Å². The number of hydrogen-bond donors (Lipinski definition) is 1. The number of carboxylic acid groups (broad SMARTS) is 1. The molecule has 4 nitrogen and oxygen atoms in total. The highest BCUT2D eigenvalue weighted by Gasteiger charge is 2.24. The molecule has 2 unspecified atom stereocenters. The maximum absolute atomic E-state index is 10.8. The van der Waals surface area contributed by atoms with Crippen molar-refractivity contribution in [3.63, 3.8) is 0 Å². The minimum atomic E-state index is -0.788. The van der Waals surface area contributed by atoms with Crippen LogP contribution in [0.2, 0.25) is 0 Å². The van der Waals surface area contributed by atoms with Gasteiger partial charge in [-0.05, 0) is 20.3 Å². The van der Waals surface area contributed by atoms with Crippen LogP contribution in [-0.2, 0) is 4.79 Å². The van der Waals surface area contributed by atoms with Crippen molar-refractivity contribution in [2.75, 3.05) is 6.54 Å². The van der Waals surface area contributed by atoms with E-state index in [0.29, 0.717) is 0 Å². The summed E-state index contributed by atoms with van der Waals surface area (Å²) in [5.41, 5.74) is 0. The maximum atomic E-state index is 10.8. The summed E-state index contributed by atoms with van der Waals surface area (Å²) < 4.78 is 0. The van der Waals surface area contributed by atoms with Gasteiger partial charge in [-0.25, -0.2) is 4.98 Å². The van der Waals surface area contributed by atoms with Gasteiger partial charge in [0.05, 0.1) is 12.6 Å². The van der Waals surface area contributed by atoms with Crippen molar-refractivity contribution < 1.29 is 9.90 Å². The third-order valence-electron chi connectivity index (χ3n) is 2.78. The monoisotopic (exact) mass is 242 g/mol. The van der Waals surface area contributed by atoms with Crippen LogP contribution in [0.15, 0.2) is 11.6 Å². The molecule has 0 bridgehead atoms. The van der Waals surface area contributed by atoms with Crippen LogP contribution in [0.25, 0.3) is 0 Å². The average Bonchev–Trinajstić information content (AvgIpc) is 2.77. The summed E-state index contributed by atoms with van der Waals surface area (Å²) >= 11 is 1.57. The van der Waals surface area contributed by atoms with Crippen LogP contribution < -0.4 is 0 Å². The number of nitrogens with zero attached hydrogens (tertiary/aromatic N) is 2. The second-order valence-electron chi connectivity index (χ2n) is 3.87. The molecule has 1 heterocycles. The molecule has 2 atom stereocenters. The van der Waals surface area contributed by atoms with Crippen LogP contribution in [-0.4, -0.2) is 33.5 Å². The van der Waals surface area contributed by atoms with Crippen molar-refractivity contribution in [1.82, 2.24) is 9.88 Å². The Balaban J connectivity index is 2.79. The Morgan fingerprint density at radius 1 is 1.62 bits per heavy atom. The summed E-state index contributed by atoms with van der Waals surface area (Å²) in [6, 6.07) is 0.307. The second kappa shape index (κ2) is 5.96. The predicted octanol–water partition coefficient (Wildman–Crippen LogP) is 2.39. The predicted molar refractivity (Wildman–Crippen MR) is 64.6 cm³/mol. The van der Waals surface area contributed by atoms with Crippen LogP contribution in [0.5, 0.6) is 0 Å². The highest BCUT2D eigenvalue weighted by atomic mass is 32.1. The van der Waals surface area contributed by atoms with Gasteiger partial charge in [-0.2, -0.15) is 0 Å². The Morgan fingerprint density at radius 2 is 2.31 bits per heavy atom. The van der Waals surface area contributed by atoms with E-state index in [1.54, 1.807) is 17.5 Å². The first-order valence-corrected chi connectivity index (χ1v) is 6.31. The van der Waals surface area contributed by atoms with E-state index in [4.69, 9.17) is 5.11 Å². The molecule has 0 amide bonds. The van der Waals surface area contributed by atoms with E-state index in [1.165, 1.54) is 0 Å². The molecule has 16 heavy (non-hydrogen) atoms. The Morgan fingerprint density at radius 3 is 2.75 bits per heavy atom. The average molecular weight is 242 g/mol. The first-order valence-electron chi connectivity index (χ1n) is 5.43. The first-order chi connectivity index (χ1) is 7.56. The molecule has 1 aromatic heterocycles. The molecule has 1 rings (SSSR count). The molecule has 1 N–H and O–H groups in total. The molecule has 0 fully saturated rings. The van der Waals surface area contributed by atoms with E-state index in [1.807, 2.05) is 24.1 Å². The maximum Gasteiger partial charge on any atom is 0.317 e. The number of rotatable bonds is 6. The van der Waals surface area contributed by atoms with Crippen LogP contribution in [0, 0.1) is 0 Å². The van der Waals surface area contributed by atoms with Gasteiger partial charge in [-0.3, -0.25) is 9.69 Å². The van der Waals surface area contributed by atoms with E-state index < -0.39 is 5.97 Å². The summed E-state index contributed by atoms with van der Waals surface area (Å²) in [4.78, 5) is 17.1. The molecule has 0 saturated carbocycles. The molecule has 0 spiro atoms. The molecular weight excluding hydrogens is 224 g/mol. The van der Waals surface area contributed by atoms with E-state index >= 15 is 0 Å². The largest absolute Gasteiger partial charge is 0.480 e. The highest BCUT2D eigenvalue weighted by molar-refractivity contribution is 7.09. The SMILES string of the molecule is CCC(C)N(CC(=O)O)C(C)c1nccs1. The quantitative estimate of drug-likeness (QED) is 0.832. The topological polar surface area (TPSA) is 53.4 Å². The minimum Gasteiger partial charge on any atom is -0.480 e. The molecule has 5 heteroatoms. The zero-order chi connectivity index (χ0) is 12.1. The van der Waals surface area contributed by atoms with Gasteiger partial charge in [0, 0.05) is 17.6 Å².